The van der Waals surface area contributed by atoms with E-state index in [1.54, 1.807) is 6.26 Å². The normalized spacial score (nSPS) is 14.7. The van der Waals surface area contributed by atoms with Crippen molar-refractivity contribution < 1.29 is 4.21 Å². The van der Waals surface area contributed by atoms with Gasteiger partial charge in [0.05, 0.1) is 0 Å². The molecule has 0 aliphatic rings. The molecule has 0 aliphatic carbocycles. The van der Waals surface area contributed by atoms with Crippen molar-refractivity contribution in [3.63, 3.8) is 0 Å². The number of hydrogen-bond acceptors (Lipinski definition) is 4. The van der Waals surface area contributed by atoms with Crippen molar-refractivity contribution >= 4 is 28.2 Å². The highest BCUT2D eigenvalue weighted by Gasteiger charge is 2.08. The van der Waals surface area contributed by atoms with Gasteiger partial charge in [-0.1, -0.05) is 11.6 Å². The van der Waals surface area contributed by atoms with Crippen LogP contribution < -0.4 is 5.32 Å². The zero-order valence-corrected chi connectivity index (χ0v) is 10.5. The minimum absolute atomic E-state index is 0.0816. The van der Waals surface area contributed by atoms with Crippen molar-refractivity contribution in [3.05, 3.63) is 17.0 Å². The highest BCUT2D eigenvalue weighted by atomic mass is 35.5. The summed E-state index contributed by atoms with van der Waals surface area (Å²) in [5.74, 6) is 0.701. The van der Waals surface area contributed by atoms with E-state index in [1.165, 1.54) is 6.33 Å². The number of rotatable bonds is 4. The zero-order chi connectivity index (χ0) is 11.4. The molecule has 0 saturated heterocycles. The van der Waals surface area contributed by atoms with Gasteiger partial charge in [0.15, 0.2) is 0 Å². The Balaban J connectivity index is 2.66. The van der Waals surface area contributed by atoms with Crippen molar-refractivity contribution in [1.82, 2.24) is 9.97 Å². The second-order valence-electron chi connectivity index (χ2n) is 3.33. The maximum Gasteiger partial charge on any atom is 0.137 e. The molecule has 6 heteroatoms. The Bertz CT molecular complexity index is 372. The fourth-order valence-electron chi connectivity index (χ4n) is 0.965. The lowest BCUT2D eigenvalue weighted by Crippen LogP contribution is -2.21. The number of nitrogens with one attached hydrogen (secondary N) is 1. The molecule has 1 heterocycles. The van der Waals surface area contributed by atoms with Crippen LogP contribution in [0.15, 0.2) is 6.33 Å². The average molecular weight is 248 g/mol. The number of hydrogen-bond donors (Lipinski definition) is 1. The Morgan fingerprint density at radius 3 is 2.87 bits per heavy atom. The van der Waals surface area contributed by atoms with E-state index in [-0.39, 0.29) is 5.25 Å². The number of aromatic nitrogens is 2. The first-order chi connectivity index (χ1) is 7.02. The summed E-state index contributed by atoms with van der Waals surface area (Å²) >= 11 is 5.84. The molecule has 0 aromatic carbocycles. The van der Waals surface area contributed by atoms with Crippen LogP contribution in [0.2, 0.25) is 5.15 Å². The van der Waals surface area contributed by atoms with Gasteiger partial charge in [0.25, 0.3) is 0 Å². The molecule has 4 nitrogen and oxygen atoms in total. The summed E-state index contributed by atoms with van der Waals surface area (Å²) in [6.07, 6.45) is 3.09. The highest BCUT2D eigenvalue weighted by molar-refractivity contribution is 7.84. The van der Waals surface area contributed by atoms with E-state index in [2.05, 4.69) is 15.3 Å². The van der Waals surface area contributed by atoms with Gasteiger partial charge in [-0.25, -0.2) is 9.97 Å². The fourth-order valence-corrected chi connectivity index (χ4v) is 1.42. The monoisotopic (exact) mass is 247 g/mol. The number of nitrogens with zero attached hydrogens (tertiary/aromatic N) is 2. The van der Waals surface area contributed by atoms with Gasteiger partial charge < -0.3 is 5.32 Å². The first-order valence-electron chi connectivity index (χ1n) is 4.55. The third kappa shape index (κ3) is 3.43. The summed E-state index contributed by atoms with van der Waals surface area (Å²) in [5.41, 5.74) is 0.813. The molecule has 0 bridgehead atoms. The van der Waals surface area contributed by atoms with Crippen molar-refractivity contribution in [1.29, 1.82) is 0 Å². The largest absolute Gasteiger partial charge is 0.369 e. The summed E-state index contributed by atoms with van der Waals surface area (Å²) in [5, 5.41) is 3.63. The van der Waals surface area contributed by atoms with E-state index in [0.717, 1.165) is 5.56 Å². The van der Waals surface area contributed by atoms with Crippen LogP contribution in [0.4, 0.5) is 5.82 Å². The standard InChI is InChI=1S/C9H14ClN3OS/c1-6(15(3)14)4-11-9-7(2)8(10)12-5-13-9/h5-6H,4H2,1-3H3,(H,11,12,13). The smallest absolute Gasteiger partial charge is 0.137 e. The third-order valence-electron chi connectivity index (χ3n) is 2.15. The quantitative estimate of drug-likeness (QED) is 0.822. The minimum atomic E-state index is -0.835. The maximum atomic E-state index is 11.1. The molecule has 15 heavy (non-hydrogen) atoms. The minimum Gasteiger partial charge on any atom is -0.369 e. The van der Waals surface area contributed by atoms with Crippen molar-refractivity contribution in [3.8, 4) is 0 Å². The summed E-state index contributed by atoms with van der Waals surface area (Å²) in [6.45, 7) is 4.37. The van der Waals surface area contributed by atoms with Crippen LogP contribution in [-0.2, 0) is 10.8 Å². The maximum absolute atomic E-state index is 11.1. The molecule has 84 valence electrons. The first kappa shape index (κ1) is 12.4. The Labute approximate surface area is 96.9 Å². The molecule has 0 saturated carbocycles. The van der Waals surface area contributed by atoms with Gasteiger partial charge in [0, 0.05) is 34.4 Å². The molecule has 0 amide bonds. The van der Waals surface area contributed by atoms with Gasteiger partial charge in [-0.3, -0.25) is 4.21 Å². The molecule has 1 aromatic rings. The van der Waals surface area contributed by atoms with Gasteiger partial charge in [-0.2, -0.15) is 0 Å². The molecular formula is C9H14ClN3OS. The van der Waals surface area contributed by atoms with Gasteiger partial charge in [0.1, 0.15) is 17.3 Å². The molecule has 0 radical (unpaired) electrons. The molecule has 1 N–H and O–H groups in total. The number of halogens is 1. The van der Waals surface area contributed by atoms with Gasteiger partial charge in [0.2, 0.25) is 0 Å². The molecule has 0 fully saturated rings. The van der Waals surface area contributed by atoms with Crippen molar-refractivity contribution in [2.45, 2.75) is 19.1 Å². The van der Waals surface area contributed by atoms with Gasteiger partial charge >= 0.3 is 0 Å². The van der Waals surface area contributed by atoms with E-state index in [0.29, 0.717) is 17.5 Å². The molecule has 1 rings (SSSR count). The Morgan fingerprint density at radius 1 is 1.60 bits per heavy atom. The van der Waals surface area contributed by atoms with E-state index in [9.17, 15) is 4.21 Å². The van der Waals surface area contributed by atoms with Crippen LogP contribution in [0.5, 0.6) is 0 Å². The van der Waals surface area contributed by atoms with E-state index >= 15 is 0 Å². The predicted octanol–water partition coefficient (Wildman–Crippen LogP) is 1.62. The summed E-state index contributed by atoms with van der Waals surface area (Å²) in [6, 6.07) is 0. The van der Waals surface area contributed by atoms with Crippen LogP contribution in [-0.4, -0.2) is 32.2 Å². The lowest BCUT2D eigenvalue weighted by Gasteiger charge is -2.12. The van der Waals surface area contributed by atoms with E-state index in [4.69, 9.17) is 11.6 Å². The van der Waals surface area contributed by atoms with Crippen LogP contribution in [0.25, 0.3) is 0 Å². The molecule has 2 atom stereocenters. The van der Waals surface area contributed by atoms with Gasteiger partial charge in [-0.15, -0.1) is 0 Å². The summed E-state index contributed by atoms with van der Waals surface area (Å²) in [7, 11) is -0.835. The molecule has 0 spiro atoms. The third-order valence-corrected chi connectivity index (χ3v) is 3.83. The van der Waals surface area contributed by atoms with Crippen LogP contribution in [0.1, 0.15) is 12.5 Å². The average Bonchev–Trinajstić information content (AvgIpc) is 2.19. The second kappa shape index (κ2) is 5.42. The summed E-state index contributed by atoms with van der Waals surface area (Å²) < 4.78 is 11.1. The molecular weight excluding hydrogens is 234 g/mol. The zero-order valence-electron chi connectivity index (χ0n) is 8.95. The van der Waals surface area contributed by atoms with Crippen LogP contribution in [0, 0.1) is 6.92 Å². The lowest BCUT2D eigenvalue weighted by molar-refractivity contribution is 0.678. The molecule has 0 aliphatic heterocycles. The fraction of sp³-hybridized carbons (Fsp3) is 0.556. The SMILES string of the molecule is Cc1c(Cl)ncnc1NCC(C)S(C)=O. The topological polar surface area (TPSA) is 54.9 Å². The summed E-state index contributed by atoms with van der Waals surface area (Å²) in [4.78, 5) is 7.92. The molecule has 2 unspecified atom stereocenters. The Kier molecular flexibility index (Phi) is 4.47. The van der Waals surface area contributed by atoms with Crippen molar-refractivity contribution in [2.75, 3.05) is 18.1 Å². The predicted molar refractivity (Wildman–Crippen MR) is 63.8 cm³/mol. The van der Waals surface area contributed by atoms with E-state index < -0.39 is 10.8 Å². The lowest BCUT2D eigenvalue weighted by atomic mass is 10.3. The highest BCUT2D eigenvalue weighted by Crippen LogP contribution is 2.17. The van der Waals surface area contributed by atoms with E-state index in [1.807, 2.05) is 13.8 Å². The second-order valence-corrected chi connectivity index (χ2v) is 5.49. The van der Waals surface area contributed by atoms with Crippen molar-refractivity contribution in [2.24, 2.45) is 0 Å². The van der Waals surface area contributed by atoms with Gasteiger partial charge in [-0.05, 0) is 13.8 Å². The first-order valence-corrected chi connectivity index (χ1v) is 6.55. The Hall–Kier alpha value is -0.680. The van der Waals surface area contributed by atoms with Crippen LogP contribution in [0.3, 0.4) is 0 Å². The molecule has 1 aromatic heterocycles. The number of anilines is 1. The van der Waals surface area contributed by atoms with Crippen LogP contribution >= 0.6 is 11.6 Å². The Morgan fingerprint density at radius 2 is 2.27 bits per heavy atom.